The molecule has 21 heavy (non-hydrogen) atoms. The van der Waals surface area contributed by atoms with Crippen LogP contribution in [0.25, 0.3) is 0 Å². The molecule has 0 amide bonds. The van der Waals surface area contributed by atoms with E-state index in [0.29, 0.717) is 22.5 Å². The number of hydrogen-bond donors (Lipinski definition) is 1. The topological polar surface area (TPSA) is 72.8 Å². The van der Waals surface area contributed by atoms with Gasteiger partial charge in [-0.25, -0.2) is 9.89 Å². The van der Waals surface area contributed by atoms with Crippen LogP contribution < -0.4 is 5.69 Å². The Morgan fingerprint density at radius 3 is 3.14 bits per heavy atom. The first-order chi connectivity index (χ1) is 10.2. The molecule has 1 fully saturated rings. The molecule has 1 atom stereocenters. The van der Waals surface area contributed by atoms with E-state index in [1.54, 1.807) is 16.8 Å². The van der Waals surface area contributed by atoms with Gasteiger partial charge in [-0.05, 0) is 25.0 Å². The van der Waals surface area contributed by atoms with Crippen LogP contribution in [-0.2, 0) is 17.0 Å². The summed E-state index contributed by atoms with van der Waals surface area (Å²) >= 11 is 7.28. The van der Waals surface area contributed by atoms with Gasteiger partial charge in [0.05, 0.1) is 23.4 Å². The van der Waals surface area contributed by atoms with Gasteiger partial charge in [0.15, 0.2) is 5.16 Å². The van der Waals surface area contributed by atoms with Crippen molar-refractivity contribution < 1.29 is 4.74 Å². The smallest absolute Gasteiger partial charge is 0.344 e. The molecule has 3 heterocycles. The molecule has 2 aromatic heterocycles. The van der Waals surface area contributed by atoms with Crippen LogP contribution in [0.5, 0.6) is 0 Å². The molecule has 2 aromatic rings. The summed E-state index contributed by atoms with van der Waals surface area (Å²) in [5.41, 5.74) is 0.695. The molecule has 1 aliphatic rings. The van der Waals surface area contributed by atoms with Gasteiger partial charge < -0.3 is 4.74 Å². The van der Waals surface area contributed by atoms with Crippen LogP contribution in [-0.4, -0.2) is 32.5 Å². The summed E-state index contributed by atoms with van der Waals surface area (Å²) < 4.78 is 7.21. The standard InChI is InChI=1S/C13H15ClN4O2S/c14-9-3-4-10(15-6-9)8-21-13-17-16-12(19)18(13)7-11-2-1-5-20-11/h3-4,6,11H,1-2,5,7-8H2,(H,16,19)/t11-/m0/s1. The number of pyridine rings is 1. The van der Waals surface area contributed by atoms with Crippen LogP contribution >= 0.6 is 23.4 Å². The molecule has 0 aliphatic carbocycles. The van der Waals surface area contributed by atoms with Gasteiger partial charge in [-0.15, -0.1) is 5.10 Å². The lowest BCUT2D eigenvalue weighted by Crippen LogP contribution is -2.24. The first-order valence-corrected chi connectivity index (χ1v) is 8.09. The van der Waals surface area contributed by atoms with Crippen molar-refractivity contribution in [3.8, 4) is 0 Å². The Hall–Kier alpha value is -1.31. The van der Waals surface area contributed by atoms with Crippen molar-refractivity contribution in [2.45, 2.75) is 36.4 Å². The number of rotatable bonds is 5. The lowest BCUT2D eigenvalue weighted by atomic mass is 10.2. The fourth-order valence-corrected chi connectivity index (χ4v) is 3.18. The molecular weight excluding hydrogens is 312 g/mol. The van der Waals surface area contributed by atoms with Crippen LogP contribution in [0.2, 0.25) is 5.02 Å². The van der Waals surface area contributed by atoms with Gasteiger partial charge >= 0.3 is 5.69 Å². The zero-order valence-corrected chi connectivity index (χ0v) is 12.9. The van der Waals surface area contributed by atoms with Crippen LogP contribution in [0.4, 0.5) is 0 Å². The Bertz CT molecular complexity index is 649. The number of aromatic nitrogens is 4. The molecule has 112 valence electrons. The van der Waals surface area contributed by atoms with Crippen LogP contribution in [0.1, 0.15) is 18.5 Å². The van der Waals surface area contributed by atoms with Gasteiger partial charge in [-0.1, -0.05) is 23.4 Å². The summed E-state index contributed by atoms with van der Waals surface area (Å²) in [6.07, 6.45) is 3.75. The monoisotopic (exact) mass is 326 g/mol. The Morgan fingerprint density at radius 2 is 2.43 bits per heavy atom. The quantitative estimate of drug-likeness (QED) is 0.852. The summed E-state index contributed by atoms with van der Waals surface area (Å²) in [4.78, 5) is 16.1. The maximum Gasteiger partial charge on any atom is 0.344 e. The third kappa shape index (κ3) is 3.66. The second-order valence-corrected chi connectivity index (χ2v) is 6.19. The first kappa shape index (κ1) is 14.6. The maximum atomic E-state index is 11.8. The van der Waals surface area contributed by atoms with E-state index in [-0.39, 0.29) is 11.8 Å². The number of H-pyrrole nitrogens is 1. The Morgan fingerprint density at radius 1 is 1.52 bits per heavy atom. The van der Waals surface area contributed by atoms with E-state index in [1.807, 2.05) is 6.07 Å². The minimum atomic E-state index is -0.197. The summed E-state index contributed by atoms with van der Waals surface area (Å²) in [5.74, 6) is 0.632. The van der Waals surface area contributed by atoms with Crippen molar-refractivity contribution in [3.05, 3.63) is 39.5 Å². The van der Waals surface area contributed by atoms with Gasteiger partial charge in [-0.2, -0.15) is 0 Å². The number of nitrogens with zero attached hydrogens (tertiary/aromatic N) is 3. The molecule has 1 saturated heterocycles. The zero-order valence-electron chi connectivity index (χ0n) is 11.3. The second-order valence-electron chi connectivity index (χ2n) is 4.81. The number of ether oxygens (including phenoxy) is 1. The normalized spacial score (nSPS) is 18.2. The van der Waals surface area contributed by atoms with Gasteiger partial charge in [0.25, 0.3) is 0 Å². The SMILES string of the molecule is O=c1[nH]nc(SCc2ccc(Cl)cn2)n1C[C@@H]1CCCO1. The fraction of sp³-hybridized carbons (Fsp3) is 0.462. The van der Waals surface area contributed by atoms with Gasteiger partial charge in [0.2, 0.25) is 0 Å². The number of thioether (sulfide) groups is 1. The largest absolute Gasteiger partial charge is 0.376 e. The van der Waals surface area contributed by atoms with E-state index in [9.17, 15) is 4.79 Å². The molecule has 0 radical (unpaired) electrons. The van der Waals surface area contributed by atoms with Gasteiger partial charge in [-0.3, -0.25) is 9.55 Å². The van der Waals surface area contributed by atoms with Crippen LogP contribution in [0.15, 0.2) is 28.3 Å². The maximum absolute atomic E-state index is 11.8. The molecule has 0 aromatic carbocycles. The molecule has 8 heteroatoms. The van der Waals surface area contributed by atoms with E-state index in [1.165, 1.54) is 11.8 Å². The molecule has 1 aliphatic heterocycles. The van der Waals surface area contributed by atoms with Crippen LogP contribution in [0.3, 0.4) is 0 Å². The second kappa shape index (κ2) is 6.64. The predicted octanol–water partition coefficient (Wildman–Crippen LogP) is 2.09. The van der Waals surface area contributed by atoms with E-state index >= 15 is 0 Å². The number of nitrogens with one attached hydrogen (secondary N) is 1. The van der Waals surface area contributed by atoms with Gasteiger partial charge in [0.1, 0.15) is 0 Å². The van der Waals surface area contributed by atoms with Crippen molar-refractivity contribution in [3.63, 3.8) is 0 Å². The highest BCUT2D eigenvalue weighted by Crippen LogP contribution is 2.21. The predicted molar refractivity (Wildman–Crippen MR) is 80.6 cm³/mol. The highest BCUT2D eigenvalue weighted by molar-refractivity contribution is 7.98. The Kier molecular flexibility index (Phi) is 4.62. The Balaban J connectivity index is 1.67. The molecule has 0 saturated carbocycles. The minimum Gasteiger partial charge on any atom is -0.376 e. The van der Waals surface area contributed by atoms with Crippen molar-refractivity contribution in [2.75, 3.05) is 6.61 Å². The third-order valence-corrected chi connectivity index (χ3v) is 4.50. The van der Waals surface area contributed by atoms with E-state index in [4.69, 9.17) is 16.3 Å². The molecular formula is C13H15ClN4O2S. The molecule has 3 rings (SSSR count). The number of hydrogen-bond acceptors (Lipinski definition) is 5. The lowest BCUT2D eigenvalue weighted by molar-refractivity contribution is 0.0941. The molecule has 0 unspecified atom stereocenters. The summed E-state index contributed by atoms with van der Waals surface area (Å²) in [5, 5.41) is 7.84. The molecule has 6 nitrogen and oxygen atoms in total. The van der Waals surface area contributed by atoms with Crippen molar-refractivity contribution in [1.29, 1.82) is 0 Å². The van der Waals surface area contributed by atoms with Crippen LogP contribution in [0, 0.1) is 0 Å². The van der Waals surface area contributed by atoms with E-state index < -0.39 is 0 Å². The highest BCUT2D eigenvalue weighted by Gasteiger charge is 2.19. The molecule has 0 spiro atoms. The summed E-state index contributed by atoms with van der Waals surface area (Å²) in [6.45, 7) is 1.32. The molecule has 0 bridgehead atoms. The van der Waals surface area contributed by atoms with Crippen molar-refractivity contribution in [2.24, 2.45) is 0 Å². The Labute approximate surface area is 130 Å². The summed E-state index contributed by atoms with van der Waals surface area (Å²) in [6, 6.07) is 3.67. The minimum absolute atomic E-state index is 0.105. The average molecular weight is 327 g/mol. The molecule has 1 N–H and O–H groups in total. The third-order valence-electron chi connectivity index (χ3n) is 3.27. The summed E-state index contributed by atoms with van der Waals surface area (Å²) in [7, 11) is 0. The van der Waals surface area contributed by atoms with Crippen molar-refractivity contribution >= 4 is 23.4 Å². The lowest BCUT2D eigenvalue weighted by Gasteiger charge is -2.10. The number of aromatic amines is 1. The number of halogens is 1. The zero-order chi connectivity index (χ0) is 14.7. The average Bonchev–Trinajstić information content (AvgIpc) is 3.11. The van der Waals surface area contributed by atoms with E-state index in [2.05, 4.69) is 15.2 Å². The van der Waals surface area contributed by atoms with Gasteiger partial charge in [0, 0.05) is 18.6 Å². The highest BCUT2D eigenvalue weighted by atomic mass is 35.5. The fourth-order valence-electron chi connectivity index (χ4n) is 2.20. The first-order valence-electron chi connectivity index (χ1n) is 6.72. The van der Waals surface area contributed by atoms with Crippen molar-refractivity contribution in [1.82, 2.24) is 19.7 Å². The van der Waals surface area contributed by atoms with E-state index in [0.717, 1.165) is 25.1 Å².